The summed E-state index contributed by atoms with van der Waals surface area (Å²) in [4.78, 5) is 9.97. The molecule has 0 spiro atoms. The fraction of sp³-hybridized carbons (Fsp3) is 0.235. The van der Waals surface area contributed by atoms with Gasteiger partial charge < -0.3 is 4.74 Å². The number of rotatable bonds is 8. The maximum atomic E-state index is 14.1. The number of sulfonamides is 1. The highest BCUT2D eigenvalue weighted by molar-refractivity contribution is 7.89. The lowest BCUT2D eigenvalue weighted by Gasteiger charge is -2.22. The largest absolute Gasteiger partial charge is 0.383 e. The van der Waals surface area contributed by atoms with Crippen molar-refractivity contribution in [2.24, 2.45) is 0 Å². The van der Waals surface area contributed by atoms with E-state index in [9.17, 15) is 30.8 Å². The molecule has 0 unspecified atom stereocenters. The second-order valence-electron chi connectivity index (χ2n) is 5.77. The first-order valence-corrected chi connectivity index (χ1v) is 9.43. The number of nitrogens with zero attached hydrogens (tertiary/aromatic N) is 1. The molecule has 0 atom stereocenters. The normalized spacial score (nSPS) is 11.7. The third kappa shape index (κ3) is 4.90. The van der Waals surface area contributed by atoms with Gasteiger partial charge in [0.25, 0.3) is 5.91 Å². The molecule has 0 saturated heterocycles. The Bertz CT molecular complexity index is 1000. The standard InChI is InChI=1S/C17H16F4N2O5S/c1-28-7-6-23(9-10-2-4-11(5-3-10)17(24)22-25)29(26,27)13-8-12(18)14(19)16(21)15(13)20/h2-5,8,25H,6-7,9H2,1H3,(H,22,24). The molecule has 7 nitrogen and oxygen atoms in total. The first-order chi connectivity index (χ1) is 13.6. The van der Waals surface area contributed by atoms with Crippen LogP contribution in [0, 0.1) is 23.3 Å². The maximum absolute atomic E-state index is 14.1. The third-order valence-corrected chi connectivity index (χ3v) is 5.75. The first-order valence-electron chi connectivity index (χ1n) is 7.99. The molecule has 0 aliphatic heterocycles. The summed E-state index contributed by atoms with van der Waals surface area (Å²) in [5.41, 5.74) is 1.85. The van der Waals surface area contributed by atoms with Crippen molar-refractivity contribution in [2.45, 2.75) is 11.4 Å². The zero-order chi connectivity index (χ0) is 21.8. The lowest BCUT2D eigenvalue weighted by molar-refractivity contribution is 0.0706. The van der Waals surface area contributed by atoms with Crippen LogP contribution in [0.1, 0.15) is 15.9 Å². The highest BCUT2D eigenvalue weighted by Crippen LogP contribution is 2.26. The smallest absolute Gasteiger partial charge is 0.274 e. The molecular weight excluding hydrogens is 420 g/mol. The molecule has 2 aromatic rings. The molecule has 158 valence electrons. The molecule has 29 heavy (non-hydrogen) atoms. The van der Waals surface area contributed by atoms with Crippen LogP contribution in [-0.4, -0.2) is 44.1 Å². The fourth-order valence-corrected chi connectivity index (χ4v) is 3.87. The first kappa shape index (κ1) is 22.7. The van der Waals surface area contributed by atoms with E-state index >= 15 is 0 Å². The van der Waals surface area contributed by atoms with Gasteiger partial charge in [0.15, 0.2) is 23.3 Å². The summed E-state index contributed by atoms with van der Waals surface area (Å²) < 4.78 is 85.3. The van der Waals surface area contributed by atoms with Crippen LogP contribution in [0.5, 0.6) is 0 Å². The molecule has 0 heterocycles. The minimum atomic E-state index is -4.78. The van der Waals surface area contributed by atoms with E-state index < -0.39 is 44.1 Å². The topological polar surface area (TPSA) is 95.9 Å². The maximum Gasteiger partial charge on any atom is 0.274 e. The predicted octanol–water partition coefficient (Wildman–Crippen LogP) is 2.20. The van der Waals surface area contributed by atoms with Gasteiger partial charge in [-0.3, -0.25) is 10.0 Å². The molecule has 0 aliphatic rings. The van der Waals surface area contributed by atoms with Gasteiger partial charge in [-0.2, -0.15) is 4.31 Å². The number of hydroxylamine groups is 1. The average molecular weight is 436 g/mol. The molecule has 12 heteroatoms. The molecule has 2 N–H and O–H groups in total. The second kappa shape index (κ2) is 9.31. The Balaban J connectivity index is 2.42. The van der Waals surface area contributed by atoms with Crippen molar-refractivity contribution in [2.75, 3.05) is 20.3 Å². The summed E-state index contributed by atoms with van der Waals surface area (Å²) in [5.74, 6) is -9.05. The van der Waals surface area contributed by atoms with Crippen LogP contribution >= 0.6 is 0 Å². The van der Waals surface area contributed by atoms with Gasteiger partial charge in [0.05, 0.1) is 6.61 Å². The van der Waals surface area contributed by atoms with Gasteiger partial charge in [-0.15, -0.1) is 0 Å². The number of amides is 1. The minimum absolute atomic E-state index is 0.0670. The van der Waals surface area contributed by atoms with Gasteiger partial charge in [0.2, 0.25) is 10.0 Å². The lowest BCUT2D eigenvalue weighted by Crippen LogP contribution is -2.34. The van der Waals surface area contributed by atoms with E-state index in [1.807, 2.05) is 0 Å². The van der Waals surface area contributed by atoms with Crippen molar-refractivity contribution in [3.8, 4) is 0 Å². The molecule has 0 saturated carbocycles. The van der Waals surface area contributed by atoms with Crippen LogP contribution in [-0.2, 0) is 21.3 Å². The zero-order valence-electron chi connectivity index (χ0n) is 15.0. The Morgan fingerprint density at radius 2 is 1.72 bits per heavy atom. The number of benzene rings is 2. The number of ether oxygens (including phenoxy) is 1. The number of methoxy groups -OCH3 is 1. The average Bonchev–Trinajstić information content (AvgIpc) is 2.71. The molecule has 0 aromatic heterocycles. The van der Waals surface area contributed by atoms with Gasteiger partial charge >= 0.3 is 0 Å². The minimum Gasteiger partial charge on any atom is -0.383 e. The van der Waals surface area contributed by atoms with Crippen molar-refractivity contribution >= 4 is 15.9 Å². The van der Waals surface area contributed by atoms with Crippen molar-refractivity contribution in [1.82, 2.24) is 9.79 Å². The number of hydrogen-bond donors (Lipinski definition) is 2. The zero-order valence-corrected chi connectivity index (χ0v) is 15.8. The van der Waals surface area contributed by atoms with Crippen molar-refractivity contribution < 1.29 is 40.7 Å². The molecule has 2 rings (SSSR count). The van der Waals surface area contributed by atoms with Crippen LogP contribution < -0.4 is 5.48 Å². The Labute approximate surface area is 163 Å². The number of carbonyl (C=O) groups excluding carboxylic acids is 1. The lowest BCUT2D eigenvalue weighted by atomic mass is 10.1. The van der Waals surface area contributed by atoms with E-state index in [-0.39, 0.29) is 31.3 Å². The summed E-state index contributed by atoms with van der Waals surface area (Å²) in [7, 11) is -3.50. The number of halogens is 4. The quantitative estimate of drug-likeness (QED) is 0.218. The molecule has 0 fully saturated rings. The van der Waals surface area contributed by atoms with Gasteiger partial charge in [-0.1, -0.05) is 12.1 Å². The SMILES string of the molecule is COCCN(Cc1ccc(C(=O)NO)cc1)S(=O)(=O)c1cc(F)c(F)c(F)c1F. The summed E-state index contributed by atoms with van der Waals surface area (Å²) in [5, 5.41) is 8.60. The summed E-state index contributed by atoms with van der Waals surface area (Å²) in [6.45, 7) is -0.803. The Hall–Kier alpha value is -2.54. The van der Waals surface area contributed by atoms with E-state index in [4.69, 9.17) is 9.94 Å². The van der Waals surface area contributed by atoms with Crippen LogP contribution in [0.2, 0.25) is 0 Å². The number of nitrogens with one attached hydrogen (secondary N) is 1. The van der Waals surface area contributed by atoms with E-state index in [1.54, 1.807) is 0 Å². The Morgan fingerprint density at radius 1 is 1.10 bits per heavy atom. The fourth-order valence-electron chi connectivity index (χ4n) is 2.39. The Morgan fingerprint density at radius 3 is 2.28 bits per heavy atom. The predicted molar refractivity (Wildman–Crippen MR) is 91.4 cm³/mol. The highest BCUT2D eigenvalue weighted by Gasteiger charge is 2.32. The molecular formula is C17H16F4N2O5S. The van der Waals surface area contributed by atoms with Gasteiger partial charge in [0, 0.05) is 31.8 Å². The summed E-state index contributed by atoms with van der Waals surface area (Å²) in [6.07, 6.45) is 0. The molecule has 2 aromatic carbocycles. The van der Waals surface area contributed by atoms with Crippen LogP contribution in [0.25, 0.3) is 0 Å². The summed E-state index contributed by atoms with van der Waals surface area (Å²) >= 11 is 0. The van der Waals surface area contributed by atoms with Crippen molar-refractivity contribution in [3.05, 3.63) is 64.7 Å². The third-order valence-electron chi connectivity index (χ3n) is 3.91. The van der Waals surface area contributed by atoms with Crippen LogP contribution in [0.15, 0.2) is 35.2 Å². The van der Waals surface area contributed by atoms with E-state index in [0.717, 1.165) is 0 Å². The monoisotopic (exact) mass is 436 g/mol. The molecule has 1 amide bonds. The van der Waals surface area contributed by atoms with Crippen LogP contribution in [0.4, 0.5) is 17.6 Å². The summed E-state index contributed by atoms with van der Waals surface area (Å²) in [6, 6.07) is 5.38. The van der Waals surface area contributed by atoms with Crippen molar-refractivity contribution in [1.29, 1.82) is 0 Å². The number of hydrogen-bond acceptors (Lipinski definition) is 5. The van der Waals surface area contributed by atoms with E-state index in [1.165, 1.54) is 36.9 Å². The highest BCUT2D eigenvalue weighted by atomic mass is 32.2. The second-order valence-corrected chi connectivity index (χ2v) is 7.67. The molecule has 0 aliphatic carbocycles. The van der Waals surface area contributed by atoms with Gasteiger partial charge in [-0.05, 0) is 17.7 Å². The number of carbonyl (C=O) groups is 1. The van der Waals surface area contributed by atoms with E-state index in [0.29, 0.717) is 9.87 Å². The van der Waals surface area contributed by atoms with Crippen molar-refractivity contribution in [3.63, 3.8) is 0 Å². The van der Waals surface area contributed by atoms with Gasteiger partial charge in [0.1, 0.15) is 4.90 Å². The van der Waals surface area contributed by atoms with Crippen LogP contribution in [0.3, 0.4) is 0 Å². The molecule has 0 radical (unpaired) electrons. The Kier molecular flexibility index (Phi) is 7.30. The molecule has 0 bridgehead atoms. The van der Waals surface area contributed by atoms with E-state index in [2.05, 4.69) is 0 Å². The van der Waals surface area contributed by atoms with Gasteiger partial charge in [-0.25, -0.2) is 31.5 Å².